The predicted octanol–water partition coefficient (Wildman–Crippen LogP) is 1.91. The summed E-state index contributed by atoms with van der Waals surface area (Å²) in [5, 5.41) is 8.57. The second-order valence-electron chi connectivity index (χ2n) is 3.76. The van der Waals surface area contributed by atoms with Gasteiger partial charge in [0.05, 0.1) is 12.5 Å². The summed E-state index contributed by atoms with van der Waals surface area (Å²) < 4.78 is 0. The van der Waals surface area contributed by atoms with Crippen LogP contribution >= 0.6 is 0 Å². The molecule has 0 rings (SSSR count). The van der Waals surface area contributed by atoms with Crippen LogP contribution in [0.1, 0.15) is 34.1 Å². The number of rotatable bonds is 3. The Balaban J connectivity index is 4.41. The van der Waals surface area contributed by atoms with Crippen molar-refractivity contribution in [1.82, 2.24) is 0 Å². The third kappa shape index (κ3) is 2.20. The lowest BCUT2D eigenvalue weighted by Crippen LogP contribution is -2.49. The lowest BCUT2D eigenvalue weighted by molar-refractivity contribution is 0.229. The van der Waals surface area contributed by atoms with Crippen LogP contribution in [0, 0.1) is 23.2 Å². The van der Waals surface area contributed by atoms with Crippen LogP contribution in [0.4, 0.5) is 0 Å². The van der Waals surface area contributed by atoms with E-state index in [2.05, 4.69) is 33.8 Å². The summed E-state index contributed by atoms with van der Waals surface area (Å²) in [6, 6.07) is 2.15. The minimum atomic E-state index is -0.311. The molecule has 0 amide bonds. The molecule has 0 atom stereocenters. The van der Waals surface area contributed by atoms with Crippen LogP contribution in [0.25, 0.3) is 0 Å². The molecule has 0 saturated heterocycles. The topological polar surface area (TPSA) is 49.8 Å². The van der Waals surface area contributed by atoms with Gasteiger partial charge in [-0.3, -0.25) is 0 Å². The SMILES string of the molecule is CC(C)C(N)(CC#N)C(C)C. The molecule has 2 nitrogen and oxygen atoms in total. The van der Waals surface area contributed by atoms with Crippen molar-refractivity contribution in [2.24, 2.45) is 17.6 Å². The minimum Gasteiger partial charge on any atom is -0.324 e. The highest BCUT2D eigenvalue weighted by atomic mass is 14.8. The molecule has 2 N–H and O–H groups in total. The van der Waals surface area contributed by atoms with Crippen LogP contribution in [-0.2, 0) is 0 Å². The van der Waals surface area contributed by atoms with Crippen LogP contribution in [0.15, 0.2) is 0 Å². The molecular formula is C9H18N2. The quantitative estimate of drug-likeness (QED) is 0.675. The average Bonchev–Trinajstić information content (AvgIpc) is 1.87. The first-order valence-corrected chi connectivity index (χ1v) is 4.11. The molecule has 0 aliphatic rings. The standard InChI is InChI=1S/C9H18N2/c1-7(2)9(11,5-6-10)8(3)4/h7-8H,5,11H2,1-4H3. The van der Waals surface area contributed by atoms with Crippen molar-refractivity contribution in [3.63, 3.8) is 0 Å². The van der Waals surface area contributed by atoms with Gasteiger partial charge >= 0.3 is 0 Å². The molecule has 0 aromatic rings. The zero-order chi connectivity index (χ0) is 9.07. The average molecular weight is 154 g/mol. The summed E-state index contributed by atoms with van der Waals surface area (Å²) >= 11 is 0. The zero-order valence-electron chi connectivity index (χ0n) is 7.89. The predicted molar refractivity (Wildman–Crippen MR) is 46.8 cm³/mol. The molecule has 0 saturated carbocycles. The monoisotopic (exact) mass is 154 g/mol. The fourth-order valence-corrected chi connectivity index (χ4v) is 1.21. The summed E-state index contributed by atoms with van der Waals surface area (Å²) in [4.78, 5) is 0. The molecule has 64 valence electrons. The van der Waals surface area contributed by atoms with E-state index in [1.54, 1.807) is 0 Å². The molecule has 0 aromatic heterocycles. The largest absolute Gasteiger partial charge is 0.324 e. The van der Waals surface area contributed by atoms with Crippen LogP contribution < -0.4 is 5.73 Å². The van der Waals surface area contributed by atoms with E-state index in [0.29, 0.717) is 18.3 Å². The second-order valence-corrected chi connectivity index (χ2v) is 3.76. The summed E-state index contributed by atoms with van der Waals surface area (Å²) in [5.74, 6) is 0.726. The minimum absolute atomic E-state index is 0.311. The highest BCUT2D eigenvalue weighted by Gasteiger charge is 2.32. The van der Waals surface area contributed by atoms with E-state index < -0.39 is 0 Å². The Morgan fingerprint density at radius 3 is 1.73 bits per heavy atom. The van der Waals surface area contributed by atoms with Crippen molar-refractivity contribution in [1.29, 1.82) is 5.26 Å². The highest BCUT2D eigenvalue weighted by Crippen LogP contribution is 2.26. The number of hydrogen-bond acceptors (Lipinski definition) is 2. The van der Waals surface area contributed by atoms with E-state index in [9.17, 15) is 0 Å². The number of nitriles is 1. The smallest absolute Gasteiger partial charge is 0.0641 e. The molecule has 0 aliphatic heterocycles. The molecule has 0 aromatic carbocycles. The van der Waals surface area contributed by atoms with Crippen LogP contribution in [0.2, 0.25) is 0 Å². The summed E-state index contributed by atoms with van der Waals surface area (Å²) in [7, 11) is 0. The Morgan fingerprint density at radius 2 is 1.64 bits per heavy atom. The first-order chi connectivity index (χ1) is 4.95. The fourth-order valence-electron chi connectivity index (χ4n) is 1.21. The third-order valence-corrected chi connectivity index (χ3v) is 2.54. The number of hydrogen-bond donors (Lipinski definition) is 1. The fraction of sp³-hybridized carbons (Fsp3) is 0.889. The molecule has 0 aliphatic carbocycles. The van der Waals surface area contributed by atoms with Crippen LogP contribution in [0.3, 0.4) is 0 Å². The molecule has 11 heavy (non-hydrogen) atoms. The van der Waals surface area contributed by atoms with Gasteiger partial charge in [0.1, 0.15) is 0 Å². The van der Waals surface area contributed by atoms with Crippen molar-refractivity contribution in [2.45, 2.75) is 39.7 Å². The third-order valence-electron chi connectivity index (χ3n) is 2.54. The molecule has 0 heterocycles. The van der Waals surface area contributed by atoms with Gasteiger partial charge in [-0.2, -0.15) is 5.26 Å². The lowest BCUT2D eigenvalue weighted by atomic mass is 9.76. The van der Waals surface area contributed by atoms with Gasteiger partial charge in [0, 0.05) is 5.54 Å². The van der Waals surface area contributed by atoms with Crippen LogP contribution in [-0.4, -0.2) is 5.54 Å². The maximum atomic E-state index is 8.57. The number of nitrogens with zero attached hydrogens (tertiary/aromatic N) is 1. The van der Waals surface area contributed by atoms with Gasteiger partial charge in [0.25, 0.3) is 0 Å². The Kier molecular flexibility index (Phi) is 3.54. The first kappa shape index (κ1) is 10.4. The molecule has 0 radical (unpaired) electrons. The highest BCUT2D eigenvalue weighted by molar-refractivity contribution is 4.97. The van der Waals surface area contributed by atoms with Gasteiger partial charge in [-0.05, 0) is 11.8 Å². The Labute approximate surface area is 69.4 Å². The molecular weight excluding hydrogens is 136 g/mol. The Hall–Kier alpha value is -0.550. The van der Waals surface area contributed by atoms with E-state index in [1.807, 2.05) is 0 Å². The molecule has 2 heteroatoms. The second kappa shape index (κ2) is 3.73. The van der Waals surface area contributed by atoms with E-state index in [4.69, 9.17) is 11.0 Å². The van der Waals surface area contributed by atoms with E-state index in [0.717, 1.165) is 0 Å². The van der Waals surface area contributed by atoms with Gasteiger partial charge in [-0.1, -0.05) is 27.7 Å². The number of nitrogens with two attached hydrogens (primary N) is 1. The molecule has 0 spiro atoms. The van der Waals surface area contributed by atoms with E-state index in [-0.39, 0.29) is 5.54 Å². The maximum absolute atomic E-state index is 8.57. The van der Waals surface area contributed by atoms with Gasteiger partial charge in [-0.25, -0.2) is 0 Å². The normalized spacial score (nSPS) is 12.2. The molecule has 0 fully saturated rings. The maximum Gasteiger partial charge on any atom is 0.0641 e. The van der Waals surface area contributed by atoms with Crippen molar-refractivity contribution >= 4 is 0 Å². The lowest BCUT2D eigenvalue weighted by Gasteiger charge is -2.35. The summed E-state index contributed by atoms with van der Waals surface area (Å²) in [6.07, 6.45) is 0.447. The van der Waals surface area contributed by atoms with Crippen molar-refractivity contribution in [3.8, 4) is 6.07 Å². The van der Waals surface area contributed by atoms with Gasteiger partial charge < -0.3 is 5.73 Å². The summed E-state index contributed by atoms with van der Waals surface area (Å²) in [5.41, 5.74) is 5.76. The zero-order valence-corrected chi connectivity index (χ0v) is 7.89. The Bertz CT molecular complexity index is 145. The van der Waals surface area contributed by atoms with E-state index in [1.165, 1.54) is 0 Å². The molecule has 0 bridgehead atoms. The van der Waals surface area contributed by atoms with Crippen LogP contribution in [0.5, 0.6) is 0 Å². The van der Waals surface area contributed by atoms with Gasteiger partial charge in [-0.15, -0.1) is 0 Å². The van der Waals surface area contributed by atoms with Crippen molar-refractivity contribution < 1.29 is 0 Å². The van der Waals surface area contributed by atoms with Gasteiger partial charge in [0.2, 0.25) is 0 Å². The summed E-state index contributed by atoms with van der Waals surface area (Å²) in [6.45, 7) is 8.27. The van der Waals surface area contributed by atoms with E-state index >= 15 is 0 Å². The van der Waals surface area contributed by atoms with Crippen molar-refractivity contribution in [2.75, 3.05) is 0 Å². The Morgan fingerprint density at radius 1 is 1.27 bits per heavy atom. The van der Waals surface area contributed by atoms with Gasteiger partial charge in [0.15, 0.2) is 0 Å². The van der Waals surface area contributed by atoms with Crippen molar-refractivity contribution in [3.05, 3.63) is 0 Å². The molecule has 0 unspecified atom stereocenters. The first-order valence-electron chi connectivity index (χ1n) is 4.11.